The molecule has 0 saturated carbocycles. The number of rotatable bonds is 3. The minimum Gasteiger partial charge on any atom is -0.355 e. The van der Waals surface area contributed by atoms with E-state index in [9.17, 15) is 8.42 Å². The number of sulfone groups is 1. The van der Waals surface area contributed by atoms with Crippen LogP contribution in [0, 0.1) is 0 Å². The smallest absolute Gasteiger partial charge is 0.193 e. The summed E-state index contributed by atoms with van der Waals surface area (Å²) in [5.74, 6) is 1.02. The van der Waals surface area contributed by atoms with Gasteiger partial charge in [-0.05, 0) is 39.8 Å². The average Bonchev–Trinajstić information content (AvgIpc) is 2.91. The molecule has 2 heterocycles. The summed E-state index contributed by atoms with van der Waals surface area (Å²) in [7, 11) is -1.24. The lowest BCUT2D eigenvalue weighted by Crippen LogP contribution is -2.57. The van der Waals surface area contributed by atoms with Gasteiger partial charge in [0.1, 0.15) is 0 Å². The molecule has 2 aliphatic heterocycles. The van der Waals surface area contributed by atoms with Crippen LogP contribution in [0.3, 0.4) is 0 Å². The number of hydrogen-bond donors (Lipinski definition) is 1. The van der Waals surface area contributed by atoms with E-state index >= 15 is 0 Å². The van der Waals surface area contributed by atoms with Crippen molar-refractivity contribution in [2.24, 2.45) is 4.99 Å². The van der Waals surface area contributed by atoms with E-state index in [1.165, 1.54) is 25.9 Å². The SMILES string of the molecule is CN=C(NCCN1CCCC1)N1CCS(=O)(=O)C(C)(C)C1.I. The summed E-state index contributed by atoms with van der Waals surface area (Å²) in [6.07, 6.45) is 2.60. The molecule has 0 aliphatic carbocycles. The molecular weight excluding hydrogens is 415 g/mol. The van der Waals surface area contributed by atoms with Crippen molar-refractivity contribution >= 4 is 39.8 Å². The Hall–Kier alpha value is -0.0900. The van der Waals surface area contributed by atoms with Crippen LogP contribution >= 0.6 is 24.0 Å². The third-order valence-corrected chi connectivity index (χ3v) is 7.00. The zero-order valence-electron chi connectivity index (χ0n) is 13.8. The van der Waals surface area contributed by atoms with Crippen LogP contribution in [0.25, 0.3) is 0 Å². The quantitative estimate of drug-likeness (QED) is 0.396. The molecular formula is C14H29IN4O2S. The fourth-order valence-electron chi connectivity index (χ4n) is 2.99. The molecule has 0 spiro atoms. The summed E-state index contributed by atoms with van der Waals surface area (Å²) in [6.45, 7) is 8.88. The molecule has 8 heteroatoms. The predicted molar refractivity (Wildman–Crippen MR) is 102 cm³/mol. The normalized spacial score (nSPS) is 24.9. The molecule has 22 heavy (non-hydrogen) atoms. The predicted octanol–water partition coefficient (Wildman–Crippen LogP) is 0.785. The summed E-state index contributed by atoms with van der Waals surface area (Å²) >= 11 is 0. The molecule has 2 aliphatic rings. The van der Waals surface area contributed by atoms with Gasteiger partial charge in [-0.2, -0.15) is 0 Å². The van der Waals surface area contributed by atoms with Gasteiger partial charge in [-0.3, -0.25) is 4.99 Å². The Balaban J connectivity index is 0.00000242. The summed E-state index contributed by atoms with van der Waals surface area (Å²) in [4.78, 5) is 8.82. The van der Waals surface area contributed by atoms with Crippen LogP contribution in [-0.4, -0.2) is 81.0 Å². The molecule has 0 unspecified atom stereocenters. The molecule has 0 aromatic carbocycles. The topological polar surface area (TPSA) is 65.0 Å². The van der Waals surface area contributed by atoms with E-state index in [2.05, 4.69) is 20.1 Å². The Morgan fingerprint density at radius 2 is 1.86 bits per heavy atom. The first-order valence-electron chi connectivity index (χ1n) is 7.76. The lowest BCUT2D eigenvalue weighted by Gasteiger charge is -2.39. The second-order valence-corrected chi connectivity index (χ2v) is 9.27. The van der Waals surface area contributed by atoms with Crippen LogP contribution in [0.4, 0.5) is 0 Å². The molecule has 2 fully saturated rings. The first-order chi connectivity index (χ1) is 9.86. The number of hydrogen-bond acceptors (Lipinski definition) is 4. The van der Waals surface area contributed by atoms with E-state index < -0.39 is 14.6 Å². The van der Waals surface area contributed by atoms with Crippen molar-refractivity contribution in [3.05, 3.63) is 0 Å². The van der Waals surface area contributed by atoms with E-state index in [4.69, 9.17) is 0 Å². The van der Waals surface area contributed by atoms with Crippen molar-refractivity contribution in [3.8, 4) is 0 Å². The van der Waals surface area contributed by atoms with Gasteiger partial charge < -0.3 is 15.1 Å². The fourth-order valence-corrected chi connectivity index (χ4v) is 4.35. The average molecular weight is 444 g/mol. The standard InChI is InChI=1S/C14H28N4O2S.HI/c1-14(2)12-18(10-11-21(14,19)20)13(15-3)16-6-9-17-7-4-5-8-17;/h4-12H2,1-3H3,(H,15,16);1H. The summed E-state index contributed by atoms with van der Waals surface area (Å²) in [6, 6.07) is 0. The number of halogens is 1. The molecule has 0 atom stereocenters. The number of aliphatic imine (C=N–C) groups is 1. The maximum absolute atomic E-state index is 12.1. The van der Waals surface area contributed by atoms with Crippen molar-refractivity contribution in [3.63, 3.8) is 0 Å². The highest BCUT2D eigenvalue weighted by Gasteiger charge is 2.40. The van der Waals surface area contributed by atoms with Crippen LogP contribution in [0.5, 0.6) is 0 Å². The second kappa shape index (κ2) is 8.14. The fraction of sp³-hybridized carbons (Fsp3) is 0.929. The van der Waals surface area contributed by atoms with Gasteiger partial charge in [0.15, 0.2) is 15.8 Å². The number of likely N-dealkylation sites (tertiary alicyclic amines) is 1. The van der Waals surface area contributed by atoms with Gasteiger partial charge in [-0.1, -0.05) is 0 Å². The second-order valence-electron chi connectivity index (χ2n) is 6.52. The monoisotopic (exact) mass is 444 g/mol. The van der Waals surface area contributed by atoms with Gasteiger partial charge in [-0.15, -0.1) is 24.0 Å². The molecule has 0 aromatic rings. The van der Waals surface area contributed by atoms with E-state index in [1.807, 2.05) is 0 Å². The van der Waals surface area contributed by atoms with Crippen molar-refractivity contribution in [1.29, 1.82) is 0 Å². The van der Waals surface area contributed by atoms with Gasteiger partial charge in [0, 0.05) is 33.2 Å². The number of guanidine groups is 1. The zero-order valence-corrected chi connectivity index (χ0v) is 17.0. The first kappa shape index (κ1) is 20.0. The minimum atomic E-state index is -3.00. The molecule has 2 rings (SSSR count). The maximum Gasteiger partial charge on any atom is 0.193 e. The van der Waals surface area contributed by atoms with Gasteiger partial charge in [0.25, 0.3) is 0 Å². The van der Waals surface area contributed by atoms with Crippen molar-refractivity contribution < 1.29 is 8.42 Å². The molecule has 1 N–H and O–H groups in total. The van der Waals surface area contributed by atoms with Gasteiger partial charge >= 0.3 is 0 Å². The summed E-state index contributed by atoms with van der Waals surface area (Å²) < 4.78 is 23.4. The Bertz CT molecular complexity index is 487. The molecule has 0 aromatic heterocycles. The van der Waals surface area contributed by atoms with Crippen molar-refractivity contribution in [1.82, 2.24) is 15.1 Å². The van der Waals surface area contributed by atoms with Crippen molar-refractivity contribution in [2.45, 2.75) is 31.4 Å². The lowest BCUT2D eigenvalue weighted by atomic mass is 10.2. The van der Waals surface area contributed by atoms with Crippen LogP contribution in [0.1, 0.15) is 26.7 Å². The highest BCUT2D eigenvalue weighted by Crippen LogP contribution is 2.23. The molecule has 6 nitrogen and oxygen atoms in total. The van der Waals surface area contributed by atoms with Crippen LogP contribution in [0.2, 0.25) is 0 Å². The van der Waals surface area contributed by atoms with E-state index in [0.29, 0.717) is 13.1 Å². The number of nitrogens with zero attached hydrogens (tertiary/aromatic N) is 3. The number of nitrogens with one attached hydrogen (secondary N) is 1. The van der Waals surface area contributed by atoms with E-state index in [0.717, 1.165) is 19.0 Å². The van der Waals surface area contributed by atoms with Crippen LogP contribution < -0.4 is 5.32 Å². The Kier molecular flexibility index (Phi) is 7.38. The molecule has 130 valence electrons. The third kappa shape index (κ3) is 4.70. The minimum absolute atomic E-state index is 0. The highest BCUT2D eigenvalue weighted by atomic mass is 127. The molecule has 0 bridgehead atoms. The van der Waals surface area contributed by atoms with E-state index in [-0.39, 0.29) is 29.7 Å². The largest absolute Gasteiger partial charge is 0.355 e. The highest BCUT2D eigenvalue weighted by molar-refractivity contribution is 14.0. The summed E-state index contributed by atoms with van der Waals surface area (Å²) in [5, 5.41) is 3.37. The van der Waals surface area contributed by atoms with Crippen molar-refractivity contribution in [2.75, 3.05) is 52.1 Å². The van der Waals surface area contributed by atoms with E-state index in [1.54, 1.807) is 20.9 Å². The third-order valence-electron chi connectivity index (χ3n) is 4.46. The Morgan fingerprint density at radius 3 is 2.41 bits per heavy atom. The first-order valence-corrected chi connectivity index (χ1v) is 9.41. The molecule has 0 amide bonds. The summed E-state index contributed by atoms with van der Waals surface area (Å²) in [5.41, 5.74) is 0. The molecule has 2 saturated heterocycles. The van der Waals surface area contributed by atoms with Crippen LogP contribution in [0.15, 0.2) is 4.99 Å². The van der Waals surface area contributed by atoms with Crippen LogP contribution in [-0.2, 0) is 9.84 Å². The zero-order chi connectivity index (χ0) is 15.5. The molecule has 0 radical (unpaired) electrons. The van der Waals surface area contributed by atoms with Gasteiger partial charge in [0.05, 0.1) is 10.5 Å². The lowest BCUT2D eigenvalue weighted by molar-refractivity contribution is 0.330. The Labute approximate surface area is 151 Å². The van der Waals surface area contributed by atoms with Gasteiger partial charge in [-0.25, -0.2) is 8.42 Å². The Morgan fingerprint density at radius 1 is 1.23 bits per heavy atom. The van der Waals surface area contributed by atoms with Gasteiger partial charge in [0.2, 0.25) is 0 Å². The maximum atomic E-state index is 12.1.